The quantitative estimate of drug-likeness (QED) is 0.716. The monoisotopic (exact) mass is 318 g/mol. The molecule has 0 aromatic heterocycles. The molecule has 0 heterocycles. The second-order valence-corrected chi connectivity index (χ2v) is 4.37. The zero-order valence-corrected chi connectivity index (χ0v) is 12.5. The number of nitrogens with two attached hydrogens (primary N) is 1. The summed E-state index contributed by atoms with van der Waals surface area (Å²) >= 11 is 0. The minimum Gasteiger partial charge on any atom is -0.490 e. The maximum absolute atomic E-state index is 12.3. The van der Waals surface area contributed by atoms with Crippen LogP contribution < -0.4 is 20.5 Å². The molecular weight excluding hydrogens is 298 g/mol. The Morgan fingerprint density at radius 2 is 2.09 bits per heavy atom. The van der Waals surface area contributed by atoms with Crippen LogP contribution in [0, 0.1) is 0 Å². The van der Waals surface area contributed by atoms with Crippen molar-refractivity contribution in [2.75, 3.05) is 20.3 Å². The lowest BCUT2D eigenvalue weighted by atomic mass is 10.2. The average molecular weight is 318 g/mol. The smallest absolute Gasteiger partial charge is 0.387 e. The van der Waals surface area contributed by atoms with Crippen LogP contribution in [0.2, 0.25) is 0 Å². The van der Waals surface area contributed by atoms with Crippen LogP contribution in [0.1, 0.15) is 12.5 Å². The molecule has 0 aliphatic rings. The minimum absolute atomic E-state index is 0.0528. The highest BCUT2D eigenvalue weighted by Crippen LogP contribution is 2.29. The molecule has 1 amide bonds. The number of nitrogens with one attached hydrogen (secondary N) is 1. The molecule has 1 rings (SSSR count). The van der Waals surface area contributed by atoms with Gasteiger partial charge in [0.2, 0.25) is 5.91 Å². The molecule has 1 aromatic rings. The summed E-state index contributed by atoms with van der Waals surface area (Å²) in [7, 11) is 1.45. The SMILES string of the molecule is CCOc1cc(CNC(=O)C(N)COC)ccc1OC(F)F. The zero-order valence-electron chi connectivity index (χ0n) is 12.5. The Bertz CT molecular complexity index is 486. The Morgan fingerprint density at radius 3 is 2.68 bits per heavy atom. The van der Waals surface area contributed by atoms with Crippen LogP contribution in [-0.4, -0.2) is 38.9 Å². The fourth-order valence-electron chi connectivity index (χ4n) is 1.70. The predicted octanol–water partition coefficient (Wildman–Crippen LogP) is 1.28. The molecule has 0 aliphatic heterocycles. The third kappa shape index (κ3) is 5.82. The molecule has 1 atom stereocenters. The molecule has 0 bridgehead atoms. The van der Waals surface area contributed by atoms with Crippen LogP contribution in [0.4, 0.5) is 8.78 Å². The summed E-state index contributed by atoms with van der Waals surface area (Å²) in [5.74, 6) is -0.230. The van der Waals surface area contributed by atoms with E-state index in [1.54, 1.807) is 13.0 Å². The highest BCUT2D eigenvalue weighted by Gasteiger charge is 2.14. The highest BCUT2D eigenvalue weighted by atomic mass is 19.3. The number of hydrogen-bond donors (Lipinski definition) is 2. The van der Waals surface area contributed by atoms with Crippen LogP contribution in [0.3, 0.4) is 0 Å². The summed E-state index contributed by atoms with van der Waals surface area (Å²) in [6.07, 6.45) is 0. The maximum atomic E-state index is 12.3. The van der Waals surface area contributed by atoms with Crippen molar-refractivity contribution in [2.24, 2.45) is 5.73 Å². The number of methoxy groups -OCH3 is 1. The summed E-state index contributed by atoms with van der Waals surface area (Å²) < 4.78 is 39.0. The van der Waals surface area contributed by atoms with Crippen LogP contribution in [0.25, 0.3) is 0 Å². The molecule has 8 heteroatoms. The van der Waals surface area contributed by atoms with Crippen LogP contribution >= 0.6 is 0 Å². The molecule has 0 radical (unpaired) electrons. The van der Waals surface area contributed by atoms with Gasteiger partial charge < -0.3 is 25.3 Å². The Labute approximate surface area is 127 Å². The van der Waals surface area contributed by atoms with Crippen molar-refractivity contribution in [1.82, 2.24) is 5.32 Å². The molecule has 22 heavy (non-hydrogen) atoms. The number of ether oxygens (including phenoxy) is 3. The van der Waals surface area contributed by atoms with E-state index in [0.717, 1.165) is 0 Å². The van der Waals surface area contributed by atoms with E-state index in [1.165, 1.54) is 19.2 Å². The summed E-state index contributed by atoms with van der Waals surface area (Å²) in [5, 5.41) is 2.62. The number of amides is 1. The van der Waals surface area contributed by atoms with Gasteiger partial charge in [-0.15, -0.1) is 0 Å². The number of carbonyl (C=O) groups excluding carboxylic acids is 1. The fraction of sp³-hybridized carbons (Fsp3) is 0.500. The Morgan fingerprint density at radius 1 is 1.36 bits per heavy atom. The topological polar surface area (TPSA) is 82.8 Å². The van der Waals surface area contributed by atoms with E-state index in [9.17, 15) is 13.6 Å². The number of benzene rings is 1. The van der Waals surface area contributed by atoms with E-state index in [4.69, 9.17) is 15.2 Å². The van der Waals surface area contributed by atoms with E-state index in [-0.39, 0.29) is 30.6 Å². The van der Waals surface area contributed by atoms with Gasteiger partial charge in [0.15, 0.2) is 11.5 Å². The number of alkyl halides is 2. The third-order valence-electron chi connectivity index (χ3n) is 2.67. The normalized spacial score (nSPS) is 12.1. The molecule has 124 valence electrons. The van der Waals surface area contributed by atoms with Crippen LogP contribution in [0.5, 0.6) is 11.5 Å². The second-order valence-electron chi connectivity index (χ2n) is 4.37. The van der Waals surface area contributed by atoms with Gasteiger partial charge in [-0.2, -0.15) is 8.78 Å². The minimum atomic E-state index is -2.93. The first kappa shape index (κ1) is 18.1. The van der Waals surface area contributed by atoms with Gasteiger partial charge in [0.25, 0.3) is 0 Å². The van der Waals surface area contributed by atoms with Gasteiger partial charge in [-0.1, -0.05) is 6.07 Å². The molecule has 6 nitrogen and oxygen atoms in total. The van der Waals surface area contributed by atoms with Gasteiger partial charge in [0.1, 0.15) is 6.04 Å². The van der Waals surface area contributed by atoms with Crippen LogP contribution in [-0.2, 0) is 16.1 Å². The first-order valence-corrected chi connectivity index (χ1v) is 6.70. The third-order valence-corrected chi connectivity index (χ3v) is 2.67. The van der Waals surface area contributed by atoms with Gasteiger partial charge >= 0.3 is 6.61 Å². The van der Waals surface area contributed by atoms with E-state index < -0.39 is 12.7 Å². The molecule has 0 saturated carbocycles. The molecule has 0 spiro atoms. The van der Waals surface area contributed by atoms with E-state index in [0.29, 0.717) is 12.2 Å². The highest BCUT2D eigenvalue weighted by molar-refractivity contribution is 5.81. The lowest BCUT2D eigenvalue weighted by Crippen LogP contribution is -2.43. The molecule has 3 N–H and O–H groups in total. The van der Waals surface area contributed by atoms with Crippen molar-refractivity contribution in [2.45, 2.75) is 26.1 Å². The van der Waals surface area contributed by atoms with Crippen molar-refractivity contribution in [3.05, 3.63) is 23.8 Å². The van der Waals surface area contributed by atoms with Gasteiger partial charge in [0, 0.05) is 13.7 Å². The Balaban J connectivity index is 2.71. The molecule has 1 unspecified atom stereocenters. The first-order valence-electron chi connectivity index (χ1n) is 6.70. The van der Waals surface area contributed by atoms with Crippen molar-refractivity contribution in [3.8, 4) is 11.5 Å². The molecule has 0 aliphatic carbocycles. The maximum Gasteiger partial charge on any atom is 0.387 e. The molecular formula is C14H20F2N2O4. The fourth-order valence-corrected chi connectivity index (χ4v) is 1.70. The van der Waals surface area contributed by atoms with Crippen molar-refractivity contribution < 1.29 is 27.8 Å². The Hall–Kier alpha value is -1.93. The predicted molar refractivity (Wildman–Crippen MR) is 75.9 cm³/mol. The molecule has 1 aromatic carbocycles. The lowest BCUT2D eigenvalue weighted by Gasteiger charge is -2.14. The average Bonchev–Trinajstić information content (AvgIpc) is 2.47. The lowest BCUT2D eigenvalue weighted by molar-refractivity contribution is -0.123. The Kier molecular flexibility index (Phi) is 7.55. The summed E-state index contributed by atoms with van der Waals surface area (Å²) in [6, 6.07) is 3.69. The standard InChI is InChI=1S/C14H20F2N2O4/c1-3-21-12-6-9(4-5-11(12)22-14(15)16)7-18-13(19)10(17)8-20-2/h4-6,10,14H,3,7-8,17H2,1-2H3,(H,18,19). The van der Waals surface area contributed by atoms with Gasteiger partial charge in [-0.3, -0.25) is 4.79 Å². The van der Waals surface area contributed by atoms with Crippen molar-refractivity contribution in [3.63, 3.8) is 0 Å². The summed E-state index contributed by atoms with van der Waals surface area (Å²) in [5.41, 5.74) is 6.25. The first-order chi connectivity index (χ1) is 10.5. The van der Waals surface area contributed by atoms with E-state index >= 15 is 0 Å². The second kappa shape index (κ2) is 9.16. The van der Waals surface area contributed by atoms with E-state index in [2.05, 4.69) is 10.1 Å². The molecule has 0 fully saturated rings. The van der Waals surface area contributed by atoms with Gasteiger partial charge in [0.05, 0.1) is 13.2 Å². The molecule has 0 saturated heterocycles. The zero-order chi connectivity index (χ0) is 16.5. The number of hydrogen-bond acceptors (Lipinski definition) is 5. The number of rotatable bonds is 9. The summed E-state index contributed by atoms with van der Waals surface area (Å²) in [4.78, 5) is 11.7. The largest absolute Gasteiger partial charge is 0.490 e. The van der Waals surface area contributed by atoms with Gasteiger partial charge in [-0.25, -0.2) is 0 Å². The van der Waals surface area contributed by atoms with Crippen molar-refractivity contribution in [1.29, 1.82) is 0 Å². The van der Waals surface area contributed by atoms with E-state index in [1.807, 2.05) is 0 Å². The van der Waals surface area contributed by atoms with Crippen molar-refractivity contribution >= 4 is 5.91 Å². The number of carbonyl (C=O) groups is 1. The van der Waals surface area contributed by atoms with Gasteiger partial charge in [-0.05, 0) is 24.6 Å². The van der Waals surface area contributed by atoms with Crippen LogP contribution in [0.15, 0.2) is 18.2 Å². The number of halogens is 2. The summed E-state index contributed by atoms with van der Waals surface area (Å²) in [6.45, 7) is -0.613.